The Bertz CT molecular complexity index is 919. The van der Waals surface area contributed by atoms with Crippen LogP contribution in [0.1, 0.15) is 28.0 Å². The van der Waals surface area contributed by atoms with Crippen LogP contribution in [0.5, 0.6) is 0 Å². The Hall–Kier alpha value is -2.45. The summed E-state index contributed by atoms with van der Waals surface area (Å²) in [7, 11) is 1.90. The standard InChI is InChI=1S/C18H18N4O2S2/c1-12(23)14-7-3-4-8-15(14)19-17(24)11-26-18-21-20-16(22(18)2)10-13-6-5-9-25-13/h3-9H,10-11H2,1-2H3,(H,19,24). The Morgan fingerprint density at radius 1 is 1.19 bits per heavy atom. The van der Waals surface area contributed by atoms with Gasteiger partial charge < -0.3 is 9.88 Å². The van der Waals surface area contributed by atoms with E-state index in [0.717, 1.165) is 12.2 Å². The molecular weight excluding hydrogens is 368 g/mol. The summed E-state index contributed by atoms with van der Waals surface area (Å²) in [6, 6.07) is 11.1. The number of aromatic nitrogens is 3. The Kier molecular flexibility index (Phi) is 5.85. The molecule has 0 aliphatic rings. The second-order valence-corrected chi connectivity index (χ2v) is 7.63. The zero-order valence-corrected chi connectivity index (χ0v) is 16.1. The van der Waals surface area contributed by atoms with Crippen molar-refractivity contribution in [3.63, 3.8) is 0 Å². The van der Waals surface area contributed by atoms with Crippen molar-refractivity contribution in [1.82, 2.24) is 14.8 Å². The van der Waals surface area contributed by atoms with Crippen LogP contribution in [-0.4, -0.2) is 32.2 Å². The number of nitrogens with one attached hydrogen (secondary N) is 1. The molecule has 0 aliphatic carbocycles. The highest BCUT2D eigenvalue weighted by Gasteiger charge is 2.14. The summed E-state index contributed by atoms with van der Waals surface area (Å²) in [5.74, 6) is 0.779. The molecule has 0 fully saturated rings. The Morgan fingerprint density at radius 3 is 2.73 bits per heavy atom. The SMILES string of the molecule is CC(=O)c1ccccc1NC(=O)CSc1nnc(Cc2cccs2)n1C. The Balaban J connectivity index is 1.60. The van der Waals surface area contributed by atoms with Crippen LogP contribution in [0.15, 0.2) is 46.9 Å². The van der Waals surface area contributed by atoms with Gasteiger partial charge in [-0.05, 0) is 30.5 Å². The number of ketones is 1. The van der Waals surface area contributed by atoms with E-state index in [0.29, 0.717) is 16.4 Å². The number of nitrogens with zero attached hydrogens (tertiary/aromatic N) is 3. The third-order valence-corrected chi connectivity index (χ3v) is 5.65. The van der Waals surface area contributed by atoms with Gasteiger partial charge in [-0.3, -0.25) is 9.59 Å². The first-order valence-electron chi connectivity index (χ1n) is 7.98. The van der Waals surface area contributed by atoms with Crippen LogP contribution >= 0.6 is 23.1 Å². The molecule has 26 heavy (non-hydrogen) atoms. The third-order valence-electron chi connectivity index (χ3n) is 3.75. The molecule has 0 saturated heterocycles. The van der Waals surface area contributed by atoms with Gasteiger partial charge in [0.1, 0.15) is 5.82 Å². The minimum Gasteiger partial charge on any atom is -0.325 e. The van der Waals surface area contributed by atoms with Gasteiger partial charge in [0.15, 0.2) is 10.9 Å². The van der Waals surface area contributed by atoms with E-state index in [9.17, 15) is 9.59 Å². The molecule has 0 saturated carbocycles. The number of amides is 1. The molecule has 0 bridgehead atoms. The van der Waals surface area contributed by atoms with Gasteiger partial charge >= 0.3 is 0 Å². The molecule has 1 amide bonds. The predicted molar refractivity (Wildman–Crippen MR) is 104 cm³/mol. The monoisotopic (exact) mass is 386 g/mol. The quantitative estimate of drug-likeness (QED) is 0.497. The number of anilines is 1. The number of Topliss-reactive ketones (excluding diaryl/α,β-unsaturated/α-hetero) is 1. The van der Waals surface area contributed by atoms with E-state index in [2.05, 4.69) is 21.6 Å². The largest absolute Gasteiger partial charge is 0.325 e. The molecule has 3 rings (SSSR count). The van der Waals surface area contributed by atoms with Crippen molar-refractivity contribution in [1.29, 1.82) is 0 Å². The molecule has 0 aliphatic heterocycles. The summed E-state index contributed by atoms with van der Waals surface area (Å²) >= 11 is 3.00. The van der Waals surface area contributed by atoms with Gasteiger partial charge in [-0.1, -0.05) is 30.0 Å². The van der Waals surface area contributed by atoms with Crippen molar-refractivity contribution in [3.8, 4) is 0 Å². The van der Waals surface area contributed by atoms with Crippen molar-refractivity contribution in [2.24, 2.45) is 7.05 Å². The molecule has 2 aromatic heterocycles. The fourth-order valence-corrected chi connectivity index (χ4v) is 3.84. The number of hydrogen-bond acceptors (Lipinski definition) is 6. The van der Waals surface area contributed by atoms with Gasteiger partial charge in [0, 0.05) is 23.9 Å². The highest BCUT2D eigenvalue weighted by Crippen LogP contribution is 2.20. The van der Waals surface area contributed by atoms with Crippen molar-refractivity contribution in [3.05, 3.63) is 58.0 Å². The van der Waals surface area contributed by atoms with Crippen LogP contribution < -0.4 is 5.32 Å². The summed E-state index contributed by atoms with van der Waals surface area (Å²) in [5.41, 5.74) is 1.03. The molecule has 8 heteroatoms. The van der Waals surface area contributed by atoms with Gasteiger partial charge in [-0.25, -0.2) is 0 Å². The van der Waals surface area contributed by atoms with Crippen LogP contribution in [0.4, 0.5) is 5.69 Å². The molecule has 0 spiro atoms. The summed E-state index contributed by atoms with van der Waals surface area (Å²) in [6.07, 6.45) is 0.722. The van der Waals surface area contributed by atoms with Gasteiger partial charge in [0.25, 0.3) is 0 Å². The van der Waals surface area contributed by atoms with Gasteiger partial charge in [0.2, 0.25) is 5.91 Å². The van der Waals surface area contributed by atoms with Crippen molar-refractivity contribution in [2.45, 2.75) is 18.5 Å². The lowest BCUT2D eigenvalue weighted by Gasteiger charge is -2.08. The first kappa shape index (κ1) is 18.3. The summed E-state index contributed by atoms with van der Waals surface area (Å²) in [6.45, 7) is 1.48. The van der Waals surface area contributed by atoms with Crippen LogP contribution in [0, 0.1) is 0 Å². The minimum absolute atomic E-state index is 0.0833. The lowest BCUT2D eigenvalue weighted by molar-refractivity contribution is -0.113. The minimum atomic E-state index is -0.188. The van der Waals surface area contributed by atoms with Crippen LogP contribution in [-0.2, 0) is 18.3 Å². The van der Waals surface area contributed by atoms with Gasteiger partial charge in [-0.2, -0.15) is 0 Å². The maximum atomic E-state index is 12.2. The third kappa shape index (κ3) is 4.39. The van der Waals surface area contributed by atoms with E-state index >= 15 is 0 Å². The molecule has 1 N–H and O–H groups in total. The number of benzene rings is 1. The zero-order valence-electron chi connectivity index (χ0n) is 14.4. The van der Waals surface area contributed by atoms with E-state index in [4.69, 9.17) is 0 Å². The van der Waals surface area contributed by atoms with Crippen molar-refractivity contribution < 1.29 is 9.59 Å². The van der Waals surface area contributed by atoms with Crippen LogP contribution in [0.25, 0.3) is 0 Å². The number of rotatable bonds is 7. The normalized spacial score (nSPS) is 10.7. The average molecular weight is 387 g/mol. The lowest BCUT2D eigenvalue weighted by Crippen LogP contribution is -2.16. The van der Waals surface area contributed by atoms with Crippen molar-refractivity contribution in [2.75, 3.05) is 11.1 Å². The van der Waals surface area contributed by atoms with Crippen LogP contribution in [0.2, 0.25) is 0 Å². The molecule has 2 heterocycles. The number of thioether (sulfide) groups is 1. The van der Waals surface area contributed by atoms with E-state index in [1.165, 1.54) is 23.6 Å². The summed E-state index contributed by atoms with van der Waals surface area (Å²) in [4.78, 5) is 25.1. The second kappa shape index (κ2) is 8.29. The van der Waals surface area contributed by atoms with Crippen molar-refractivity contribution >= 4 is 40.5 Å². The molecule has 0 radical (unpaired) electrons. The molecule has 0 unspecified atom stereocenters. The molecular formula is C18H18N4O2S2. The fraction of sp³-hybridized carbons (Fsp3) is 0.222. The molecule has 3 aromatic rings. The highest BCUT2D eigenvalue weighted by molar-refractivity contribution is 7.99. The Labute approximate surface area is 159 Å². The predicted octanol–water partition coefficient (Wildman–Crippen LogP) is 3.40. The summed E-state index contributed by atoms with van der Waals surface area (Å²) < 4.78 is 1.90. The van der Waals surface area contributed by atoms with E-state index in [-0.39, 0.29) is 17.4 Å². The maximum Gasteiger partial charge on any atom is 0.234 e. The second-order valence-electron chi connectivity index (χ2n) is 5.65. The fourth-order valence-electron chi connectivity index (χ4n) is 2.41. The van der Waals surface area contributed by atoms with E-state index in [1.54, 1.807) is 35.6 Å². The highest BCUT2D eigenvalue weighted by atomic mass is 32.2. The maximum absolute atomic E-state index is 12.2. The van der Waals surface area contributed by atoms with E-state index in [1.807, 2.05) is 23.1 Å². The Morgan fingerprint density at radius 2 is 2.00 bits per heavy atom. The first-order valence-corrected chi connectivity index (χ1v) is 9.84. The average Bonchev–Trinajstić information content (AvgIpc) is 3.25. The lowest BCUT2D eigenvalue weighted by atomic mass is 10.1. The van der Waals surface area contributed by atoms with Gasteiger partial charge in [0.05, 0.1) is 11.4 Å². The summed E-state index contributed by atoms with van der Waals surface area (Å²) in [5, 5.41) is 13.9. The number of carbonyl (C=O) groups excluding carboxylic acids is 2. The number of thiophene rings is 1. The molecule has 1 aromatic carbocycles. The van der Waals surface area contributed by atoms with Crippen LogP contribution in [0.3, 0.4) is 0 Å². The van der Waals surface area contributed by atoms with Gasteiger partial charge in [-0.15, -0.1) is 21.5 Å². The smallest absolute Gasteiger partial charge is 0.234 e. The number of para-hydroxylation sites is 1. The molecule has 134 valence electrons. The molecule has 6 nitrogen and oxygen atoms in total. The number of carbonyl (C=O) groups is 2. The number of hydrogen-bond donors (Lipinski definition) is 1. The zero-order chi connectivity index (χ0) is 18.5. The van der Waals surface area contributed by atoms with E-state index < -0.39 is 0 Å². The molecule has 0 atom stereocenters. The first-order chi connectivity index (χ1) is 12.5. The topological polar surface area (TPSA) is 76.9 Å².